The number of unbranched alkanes of at least 4 members (excludes halogenated alkanes) is 1. The number of piperazine rings is 1. The number of guanidine groups is 1. The van der Waals surface area contributed by atoms with E-state index in [1.54, 1.807) is 0 Å². The van der Waals surface area contributed by atoms with Crippen LogP contribution in [0, 0.1) is 6.92 Å². The molecule has 3 rings (SSSR count). The van der Waals surface area contributed by atoms with Crippen molar-refractivity contribution in [3.8, 4) is 5.75 Å². The summed E-state index contributed by atoms with van der Waals surface area (Å²) in [6.45, 7) is 7.56. The van der Waals surface area contributed by atoms with E-state index >= 15 is 0 Å². The second-order valence-electron chi connectivity index (χ2n) is 7.00. The molecule has 0 bridgehead atoms. The Bertz CT molecular complexity index is 724. The van der Waals surface area contributed by atoms with Crippen LogP contribution in [0.1, 0.15) is 18.4 Å². The van der Waals surface area contributed by atoms with Crippen LogP contribution in [0.2, 0.25) is 0 Å². The molecule has 2 heterocycles. The van der Waals surface area contributed by atoms with Crippen molar-refractivity contribution < 1.29 is 4.74 Å². The predicted molar refractivity (Wildman–Crippen MR) is 115 cm³/mol. The monoisotopic (exact) mass is 381 g/mol. The van der Waals surface area contributed by atoms with Gasteiger partial charge in [-0.25, -0.2) is 4.98 Å². The molecule has 1 N–H and O–H groups in total. The van der Waals surface area contributed by atoms with Crippen molar-refractivity contribution >= 4 is 11.8 Å². The van der Waals surface area contributed by atoms with Crippen molar-refractivity contribution in [2.75, 3.05) is 51.3 Å². The van der Waals surface area contributed by atoms with Gasteiger partial charge in [0.1, 0.15) is 11.6 Å². The lowest BCUT2D eigenvalue weighted by Crippen LogP contribution is -2.52. The van der Waals surface area contributed by atoms with Crippen molar-refractivity contribution in [2.45, 2.75) is 19.8 Å². The van der Waals surface area contributed by atoms with E-state index in [4.69, 9.17) is 4.74 Å². The molecule has 1 aromatic heterocycles. The number of aromatic nitrogens is 1. The van der Waals surface area contributed by atoms with Gasteiger partial charge >= 0.3 is 0 Å². The first-order valence-corrected chi connectivity index (χ1v) is 10.1. The molecular formula is C22H31N5O. The minimum Gasteiger partial charge on any atom is -0.494 e. The lowest BCUT2D eigenvalue weighted by Gasteiger charge is -2.37. The van der Waals surface area contributed by atoms with Crippen LogP contribution in [0.25, 0.3) is 0 Å². The molecule has 1 aliphatic rings. The van der Waals surface area contributed by atoms with Gasteiger partial charge in [0.05, 0.1) is 6.61 Å². The second-order valence-corrected chi connectivity index (χ2v) is 7.00. The zero-order valence-electron chi connectivity index (χ0n) is 17.0. The van der Waals surface area contributed by atoms with Crippen molar-refractivity contribution in [1.82, 2.24) is 15.2 Å². The van der Waals surface area contributed by atoms with Crippen LogP contribution in [0.3, 0.4) is 0 Å². The first-order valence-electron chi connectivity index (χ1n) is 10.1. The molecule has 0 radical (unpaired) electrons. The maximum absolute atomic E-state index is 5.78. The summed E-state index contributed by atoms with van der Waals surface area (Å²) in [6, 6.07) is 14.3. The second kappa shape index (κ2) is 10.5. The summed E-state index contributed by atoms with van der Waals surface area (Å²) >= 11 is 0. The first-order chi connectivity index (χ1) is 13.8. The van der Waals surface area contributed by atoms with Gasteiger partial charge in [0, 0.05) is 46.0 Å². The SMILES string of the molecule is CN=C(NCCCCOc1ccc(C)cc1)N1CCN(c2ccccn2)CC1. The average molecular weight is 382 g/mol. The Labute approximate surface area is 168 Å². The number of aliphatic imine (C=N–C) groups is 1. The quantitative estimate of drug-likeness (QED) is 0.454. The van der Waals surface area contributed by atoms with Gasteiger partial charge in [0.25, 0.3) is 0 Å². The molecule has 0 saturated carbocycles. The topological polar surface area (TPSA) is 53.0 Å². The maximum atomic E-state index is 5.78. The van der Waals surface area contributed by atoms with E-state index in [0.29, 0.717) is 0 Å². The molecule has 1 saturated heterocycles. The molecule has 0 unspecified atom stereocenters. The van der Waals surface area contributed by atoms with Crippen LogP contribution >= 0.6 is 0 Å². The molecule has 0 spiro atoms. The number of ether oxygens (including phenoxy) is 1. The smallest absolute Gasteiger partial charge is 0.193 e. The summed E-state index contributed by atoms with van der Waals surface area (Å²) in [5.74, 6) is 2.99. The number of hydrogen-bond acceptors (Lipinski definition) is 4. The number of nitrogens with zero attached hydrogens (tertiary/aromatic N) is 4. The Balaban J connectivity index is 1.32. The molecule has 2 aromatic rings. The third-order valence-corrected chi connectivity index (χ3v) is 4.91. The Morgan fingerprint density at radius 2 is 1.86 bits per heavy atom. The summed E-state index contributed by atoms with van der Waals surface area (Å²) in [5, 5.41) is 3.49. The highest BCUT2D eigenvalue weighted by atomic mass is 16.5. The van der Waals surface area contributed by atoms with E-state index in [2.05, 4.69) is 50.2 Å². The normalized spacial score (nSPS) is 14.9. The Morgan fingerprint density at radius 1 is 1.07 bits per heavy atom. The summed E-state index contributed by atoms with van der Waals surface area (Å²) in [7, 11) is 1.86. The molecule has 150 valence electrons. The summed E-state index contributed by atoms with van der Waals surface area (Å²) < 4.78 is 5.78. The Morgan fingerprint density at radius 3 is 2.54 bits per heavy atom. The van der Waals surface area contributed by atoms with Gasteiger partial charge in [0.15, 0.2) is 5.96 Å². The number of anilines is 1. The number of hydrogen-bond donors (Lipinski definition) is 1. The molecule has 0 amide bonds. The van der Waals surface area contributed by atoms with E-state index in [0.717, 1.165) is 69.7 Å². The summed E-state index contributed by atoms with van der Waals surface area (Å²) in [4.78, 5) is 13.5. The standard InChI is InChI=1S/C22H31N5O/c1-19-8-10-20(11-9-19)28-18-6-5-13-25-22(23-2)27-16-14-26(15-17-27)21-7-3-4-12-24-21/h3-4,7-12H,5-6,13-18H2,1-2H3,(H,23,25). The highest BCUT2D eigenvalue weighted by Gasteiger charge is 2.20. The van der Waals surface area contributed by atoms with E-state index in [1.165, 1.54) is 5.56 Å². The number of nitrogens with one attached hydrogen (secondary N) is 1. The highest BCUT2D eigenvalue weighted by molar-refractivity contribution is 5.80. The fraction of sp³-hybridized carbons (Fsp3) is 0.455. The van der Waals surface area contributed by atoms with Crippen LogP contribution in [-0.2, 0) is 0 Å². The van der Waals surface area contributed by atoms with Gasteiger partial charge in [-0.15, -0.1) is 0 Å². The summed E-state index contributed by atoms with van der Waals surface area (Å²) in [6.07, 6.45) is 3.93. The molecule has 1 aromatic carbocycles. The van der Waals surface area contributed by atoms with E-state index in [9.17, 15) is 0 Å². The van der Waals surface area contributed by atoms with Crippen LogP contribution in [0.15, 0.2) is 53.7 Å². The Kier molecular flexibility index (Phi) is 7.53. The van der Waals surface area contributed by atoms with Gasteiger partial charge in [-0.1, -0.05) is 23.8 Å². The van der Waals surface area contributed by atoms with E-state index < -0.39 is 0 Å². The number of aryl methyl sites for hydroxylation is 1. The zero-order chi connectivity index (χ0) is 19.6. The van der Waals surface area contributed by atoms with Crippen molar-refractivity contribution in [3.63, 3.8) is 0 Å². The number of rotatable bonds is 7. The van der Waals surface area contributed by atoms with Crippen LogP contribution in [0.4, 0.5) is 5.82 Å². The molecular weight excluding hydrogens is 350 g/mol. The zero-order valence-corrected chi connectivity index (χ0v) is 17.0. The minimum absolute atomic E-state index is 0.742. The first kappa shape index (κ1) is 20.0. The van der Waals surface area contributed by atoms with E-state index in [-0.39, 0.29) is 0 Å². The van der Waals surface area contributed by atoms with Gasteiger partial charge in [-0.2, -0.15) is 0 Å². The lowest BCUT2D eigenvalue weighted by atomic mass is 10.2. The Hall–Kier alpha value is -2.76. The fourth-order valence-electron chi connectivity index (χ4n) is 3.27. The third kappa shape index (κ3) is 5.87. The van der Waals surface area contributed by atoms with Crippen molar-refractivity contribution in [1.29, 1.82) is 0 Å². The molecule has 6 heteroatoms. The molecule has 6 nitrogen and oxygen atoms in total. The van der Waals surface area contributed by atoms with Crippen LogP contribution in [0.5, 0.6) is 5.75 Å². The molecule has 1 aliphatic heterocycles. The van der Waals surface area contributed by atoms with Gasteiger partial charge < -0.3 is 19.9 Å². The van der Waals surface area contributed by atoms with Crippen LogP contribution < -0.4 is 15.0 Å². The van der Waals surface area contributed by atoms with Gasteiger partial charge in [-0.3, -0.25) is 4.99 Å². The molecule has 28 heavy (non-hydrogen) atoms. The highest BCUT2D eigenvalue weighted by Crippen LogP contribution is 2.13. The van der Waals surface area contributed by atoms with Gasteiger partial charge in [0.2, 0.25) is 0 Å². The third-order valence-electron chi connectivity index (χ3n) is 4.91. The number of benzene rings is 1. The summed E-state index contributed by atoms with van der Waals surface area (Å²) in [5.41, 5.74) is 1.25. The van der Waals surface area contributed by atoms with E-state index in [1.807, 2.05) is 37.5 Å². The number of pyridine rings is 1. The molecule has 1 fully saturated rings. The van der Waals surface area contributed by atoms with Crippen molar-refractivity contribution in [2.24, 2.45) is 4.99 Å². The molecule has 0 atom stereocenters. The van der Waals surface area contributed by atoms with Crippen molar-refractivity contribution in [3.05, 3.63) is 54.2 Å². The fourth-order valence-corrected chi connectivity index (χ4v) is 3.27. The largest absolute Gasteiger partial charge is 0.494 e. The maximum Gasteiger partial charge on any atom is 0.193 e. The minimum atomic E-state index is 0.742. The average Bonchev–Trinajstić information content (AvgIpc) is 2.75. The lowest BCUT2D eigenvalue weighted by molar-refractivity contribution is 0.306. The predicted octanol–water partition coefficient (Wildman–Crippen LogP) is 2.95. The van der Waals surface area contributed by atoms with Gasteiger partial charge in [-0.05, 0) is 44.0 Å². The van der Waals surface area contributed by atoms with Crippen LogP contribution in [-0.4, -0.2) is 62.2 Å². The molecule has 0 aliphatic carbocycles.